The summed E-state index contributed by atoms with van der Waals surface area (Å²) >= 11 is 0. The van der Waals surface area contributed by atoms with Crippen LogP contribution in [0, 0.1) is 0 Å². The van der Waals surface area contributed by atoms with Gasteiger partial charge in [0.2, 0.25) is 0 Å². The van der Waals surface area contributed by atoms with Gasteiger partial charge in [0.15, 0.2) is 0 Å². The van der Waals surface area contributed by atoms with Gasteiger partial charge in [0, 0.05) is 0 Å². The molecule has 104 valence electrons. The average Bonchev–Trinajstić information content (AvgIpc) is 2.47. The number of aryl methyl sites for hydroxylation is 2. The number of carboxylic acid groups (broad SMARTS) is 1. The minimum Gasteiger partial charge on any atom is -0.481 e. The second-order valence-electron chi connectivity index (χ2n) is 4.92. The maximum absolute atomic E-state index is 11.1. The van der Waals surface area contributed by atoms with Gasteiger partial charge < -0.3 is 5.11 Å². The molecule has 0 bridgehead atoms. The quantitative estimate of drug-likeness (QED) is 0.886. The summed E-state index contributed by atoms with van der Waals surface area (Å²) in [6, 6.07) is 14.4. The number of benzene rings is 2. The van der Waals surface area contributed by atoms with Crippen LogP contribution in [0.5, 0.6) is 0 Å². The van der Waals surface area contributed by atoms with Gasteiger partial charge in [-0.25, -0.2) is 0 Å². The van der Waals surface area contributed by atoms with Crippen LogP contribution < -0.4 is 0 Å². The normalized spacial score (nSPS) is 10.5. The van der Waals surface area contributed by atoms with Crippen LogP contribution in [0.25, 0.3) is 11.1 Å². The molecular formula is C18H20O2. The van der Waals surface area contributed by atoms with E-state index in [1.807, 2.05) is 18.2 Å². The average molecular weight is 268 g/mol. The first kappa shape index (κ1) is 14.3. The Kier molecular flexibility index (Phi) is 4.57. The van der Waals surface area contributed by atoms with E-state index in [4.69, 9.17) is 5.11 Å². The van der Waals surface area contributed by atoms with Crippen molar-refractivity contribution < 1.29 is 9.90 Å². The largest absolute Gasteiger partial charge is 0.481 e. The third-order valence-electron chi connectivity index (χ3n) is 3.66. The van der Waals surface area contributed by atoms with E-state index in [0.29, 0.717) is 0 Å². The molecule has 0 aliphatic carbocycles. The van der Waals surface area contributed by atoms with E-state index in [-0.39, 0.29) is 6.42 Å². The lowest BCUT2D eigenvalue weighted by molar-refractivity contribution is -0.136. The fraction of sp³-hybridized carbons (Fsp3) is 0.278. The summed E-state index contributed by atoms with van der Waals surface area (Å²) in [4.78, 5) is 11.1. The predicted molar refractivity (Wildman–Crippen MR) is 82.0 cm³/mol. The molecule has 0 radical (unpaired) electrons. The molecule has 2 nitrogen and oxygen atoms in total. The van der Waals surface area contributed by atoms with E-state index in [9.17, 15) is 4.79 Å². The zero-order chi connectivity index (χ0) is 14.5. The SMILES string of the molecule is CCc1ccc(-c2cccc(CC)c2CC(=O)O)cc1. The molecule has 2 heteroatoms. The molecule has 0 heterocycles. The first-order valence-electron chi connectivity index (χ1n) is 7.07. The zero-order valence-corrected chi connectivity index (χ0v) is 12.0. The van der Waals surface area contributed by atoms with Gasteiger partial charge in [-0.3, -0.25) is 4.79 Å². The first-order valence-corrected chi connectivity index (χ1v) is 7.07. The van der Waals surface area contributed by atoms with Gasteiger partial charge in [-0.2, -0.15) is 0 Å². The fourth-order valence-electron chi connectivity index (χ4n) is 2.52. The Morgan fingerprint density at radius 1 is 1.00 bits per heavy atom. The van der Waals surface area contributed by atoms with E-state index in [1.54, 1.807) is 0 Å². The van der Waals surface area contributed by atoms with E-state index < -0.39 is 5.97 Å². The molecule has 1 N–H and O–H groups in total. The number of hydrogen-bond donors (Lipinski definition) is 1. The maximum Gasteiger partial charge on any atom is 0.307 e. The van der Waals surface area contributed by atoms with Gasteiger partial charge in [-0.05, 0) is 40.7 Å². The van der Waals surface area contributed by atoms with Gasteiger partial charge in [0.05, 0.1) is 6.42 Å². The number of carboxylic acids is 1. The molecule has 0 unspecified atom stereocenters. The highest BCUT2D eigenvalue weighted by atomic mass is 16.4. The Labute approximate surface area is 120 Å². The topological polar surface area (TPSA) is 37.3 Å². The number of aliphatic carboxylic acids is 1. The highest BCUT2D eigenvalue weighted by molar-refractivity contribution is 5.77. The van der Waals surface area contributed by atoms with Gasteiger partial charge in [0.1, 0.15) is 0 Å². The zero-order valence-electron chi connectivity index (χ0n) is 12.0. The molecule has 0 saturated heterocycles. The molecule has 0 spiro atoms. The van der Waals surface area contributed by atoms with Crippen molar-refractivity contribution >= 4 is 5.97 Å². The first-order chi connectivity index (χ1) is 9.65. The van der Waals surface area contributed by atoms with E-state index in [1.165, 1.54) is 5.56 Å². The molecule has 0 fully saturated rings. The lowest BCUT2D eigenvalue weighted by atomic mass is 9.92. The van der Waals surface area contributed by atoms with Crippen molar-refractivity contribution in [3.05, 3.63) is 59.2 Å². The molecule has 2 rings (SSSR count). The molecular weight excluding hydrogens is 248 g/mol. The summed E-state index contributed by atoms with van der Waals surface area (Å²) in [5.74, 6) is -0.780. The molecule has 0 saturated carbocycles. The van der Waals surface area contributed by atoms with Crippen molar-refractivity contribution in [2.45, 2.75) is 33.1 Å². The van der Waals surface area contributed by atoms with Crippen molar-refractivity contribution in [1.29, 1.82) is 0 Å². The highest BCUT2D eigenvalue weighted by Gasteiger charge is 2.12. The third-order valence-corrected chi connectivity index (χ3v) is 3.66. The third kappa shape index (κ3) is 3.08. The molecule has 2 aromatic rings. The Morgan fingerprint density at radius 2 is 1.70 bits per heavy atom. The van der Waals surface area contributed by atoms with Crippen LogP contribution in [-0.4, -0.2) is 11.1 Å². The van der Waals surface area contributed by atoms with Crippen molar-refractivity contribution in [3.63, 3.8) is 0 Å². The summed E-state index contributed by atoms with van der Waals surface area (Å²) < 4.78 is 0. The van der Waals surface area contributed by atoms with E-state index in [0.717, 1.165) is 35.1 Å². The van der Waals surface area contributed by atoms with Crippen LogP contribution in [0.1, 0.15) is 30.5 Å². The van der Waals surface area contributed by atoms with Crippen LogP contribution >= 0.6 is 0 Å². The van der Waals surface area contributed by atoms with Crippen molar-refractivity contribution in [2.24, 2.45) is 0 Å². The van der Waals surface area contributed by atoms with Gasteiger partial charge in [-0.15, -0.1) is 0 Å². The predicted octanol–water partition coefficient (Wildman–Crippen LogP) is 4.11. The van der Waals surface area contributed by atoms with Gasteiger partial charge >= 0.3 is 5.97 Å². The van der Waals surface area contributed by atoms with Crippen LogP contribution in [0.4, 0.5) is 0 Å². The Hall–Kier alpha value is -2.09. The van der Waals surface area contributed by atoms with Crippen LogP contribution in [0.2, 0.25) is 0 Å². The number of carbonyl (C=O) groups is 1. The minimum atomic E-state index is -0.780. The van der Waals surface area contributed by atoms with Crippen LogP contribution in [0.15, 0.2) is 42.5 Å². The fourth-order valence-corrected chi connectivity index (χ4v) is 2.52. The molecule has 0 atom stereocenters. The Balaban J connectivity index is 2.50. The minimum absolute atomic E-state index is 0.0782. The second-order valence-corrected chi connectivity index (χ2v) is 4.92. The summed E-state index contributed by atoms with van der Waals surface area (Å²) in [5, 5.41) is 9.14. The van der Waals surface area contributed by atoms with Crippen LogP contribution in [-0.2, 0) is 24.1 Å². The summed E-state index contributed by atoms with van der Waals surface area (Å²) in [6.07, 6.45) is 1.94. The van der Waals surface area contributed by atoms with E-state index >= 15 is 0 Å². The van der Waals surface area contributed by atoms with Crippen LogP contribution in [0.3, 0.4) is 0 Å². The molecule has 0 aromatic heterocycles. The molecule has 0 aliphatic heterocycles. The summed E-state index contributed by atoms with van der Waals surface area (Å²) in [5.41, 5.74) is 5.47. The number of hydrogen-bond acceptors (Lipinski definition) is 1. The van der Waals surface area contributed by atoms with Crippen molar-refractivity contribution in [1.82, 2.24) is 0 Å². The second kappa shape index (κ2) is 6.38. The summed E-state index contributed by atoms with van der Waals surface area (Å²) in [7, 11) is 0. The smallest absolute Gasteiger partial charge is 0.307 e. The van der Waals surface area contributed by atoms with Crippen molar-refractivity contribution in [3.8, 4) is 11.1 Å². The lowest BCUT2D eigenvalue weighted by Gasteiger charge is -2.13. The standard InChI is InChI=1S/C18H20O2/c1-3-13-8-10-15(11-9-13)16-7-5-6-14(4-2)17(16)12-18(19)20/h5-11H,3-4,12H2,1-2H3,(H,19,20). The van der Waals surface area contributed by atoms with Gasteiger partial charge in [-0.1, -0.05) is 56.3 Å². The lowest BCUT2D eigenvalue weighted by Crippen LogP contribution is -2.05. The Bertz CT molecular complexity index is 597. The Morgan fingerprint density at radius 3 is 2.25 bits per heavy atom. The summed E-state index contributed by atoms with van der Waals surface area (Å²) in [6.45, 7) is 4.19. The molecule has 0 amide bonds. The number of rotatable bonds is 5. The molecule has 20 heavy (non-hydrogen) atoms. The van der Waals surface area contributed by atoms with Crippen molar-refractivity contribution in [2.75, 3.05) is 0 Å². The van der Waals surface area contributed by atoms with Gasteiger partial charge in [0.25, 0.3) is 0 Å². The molecule has 0 aliphatic rings. The monoisotopic (exact) mass is 268 g/mol. The highest BCUT2D eigenvalue weighted by Crippen LogP contribution is 2.27. The van der Waals surface area contributed by atoms with E-state index in [2.05, 4.69) is 38.1 Å². The molecule has 2 aromatic carbocycles. The maximum atomic E-state index is 11.1.